The number of carbonyl (C=O) groups excluding carboxylic acids is 1. The molecule has 186 valence electrons. The van der Waals surface area contributed by atoms with E-state index >= 15 is 0 Å². The topological polar surface area (TPSA) is 95.4 Å². The van der Waals surface area contributed by atoms with Gasteiger partial charge in [0, 0.05) is 21.5 Å². The molecule has 4 rings (SSSR count). The molecule has 0 radical (unpaired) electrons. The molecule has 0 aliphatic carbocycles. The van der Waals surface area contributed by atoms with Crippen LogP contribution in [0.4, 0.5) is 11.5 Å². The van der Waals surface area contributed by atoms with Crippen LogP contribution >= 0.6 is 46.5 Å². The zero-order valence-corrected chi connectivity index (χ0v) is 22.6. The number of aromatic nitrogens is 2. The molecule has 3 aromatic carbocycles. The van der Waals surface area contributed by atoms with Crippen molar-refractivity contribution in [1.82, 2.24) is 14.1 Å². The molecule has 0 saturated heterocycles. The zero-order chi connectivity index (χ0) is 25.8. The number of nitrogens with one attached hydrogen (secondary N) is 1. The van der Waals surface area contributed by atoms with Crippen LogP contribution in [0.3, 0.4) is 0 Å². The average Bonchev–Trinajstić information content (AvgIpc) is 3.27. The molecular formula is C24H19Cl3N4O3S2. The summed E-state index contributed by atoms with van der Waals surface area (Å²) in [5, 5.41) is 4.03. The molecule has 0 spiro atoms. The summed E-state index contributed by atoms with van der Waals surface area (Å²) >= 11 is 16.8. The molecule has 0 aliphatic heterocycles. The van der Waals surface area contributed by atoms with Crippen molar-refractivity contribution in [2.75, 3.05) is 4.31 Å². The third-order valence-electron chi connectivity index (χ3n) is 5.30. The van der Waals surface area contributed by atoms with E-state index in [9.17, 15) is 13.6 Å². The van der Waals surface area contributed by atoms with Gasteiger partial charge in [0.1, 0.15) is 5.69 Å². The van der Waals surface area contributed by atoms with Crippen LogP contribution in [0.1, 0.15) is 40.1 Å². The monoisotopic (exact) mass is 580 g/mol. The molecule has 2 unspecified atom stereocenters. The fraction of sp³-hybridized carbons (Fsp3) is 0.125. The highest BCUT2D eigenvalue weighted by molar-refractivity contribution is 7.81. The van der Waals surface area contributed by atoms with Crippen LogP contribution in [-0.2, 0) is 17.7 Å². The maximum absolute atomic E-state index is 13.4. The van der Waals surface area contributed by atoms with Crippen molar-refractivity contribution in [2.24, 2.45) is 0 Å². The first-order valence-corrected chi connectivity index (χ1v) is 13.5. The van der Waals surface area contributed by atoms with E-state index in [1.807, 2.05) is 30.3 Å². The number of carbonyl (C=O) groups is 1. The molecule has 1 aromatic heterocycles. The van der Waals surface area contributed by atoms with E-state index < -0.39 is 23.2 Å². The van der Waals surface area contributed by atoms with Crippen LogP contribution < -0.4 is 9.62 Å². The number of hydrogen-bond donors (Lipinski definition) is 2. The Labute approximate surface area is 229 Å². The summed E-state index contributed by atoms with van der Waals surface area (Å²) in [4.78, 5) is 13.4. The summed E-state index contributed by atoms with van der Waals surface area (Å²) in [6.45, 7) is 1.77. The van der Waals surface area contributed by atoms with E-state index in [0.717, 1.165) is 21.6 Å². The molecule has 36 heavy (non-hydrogen) atoms. The maximum Gasteiger partial charge on any atom is 0.268 e. The predicted octanol–water partition coefficient (Wildman–Crippen LogP) is 6.85. The largest absolute Gasteiger partial charge is 0.345 e. The second-order valence-corrected chi connectivity index (χ2v) is 10.4. The SMILES string of the molecule is CC(NC(=O)c1cc(Cl)ccc1N(c1nsnc1Cc1ccccc1)S(=O)O)c1ccc(Cl)cc1Cl. The quantitative estimate of drug-likeness (QED) is 0.222. The molecule has 7 nitrogen and oxygen atoms in total. The molecular weight excluding hydrogens is 563 g/mol. The molecule has 0 aliphatic rings. The summed E-state index contributed by atoms with van der Waals surface area (Å²) in [7, 11) is 0. The van der Waals surface area contributed by atoms with Crippen LogP contribution in [0.25, 0.3) is 0 Å². The lowest BCUT2D eigenvalue weighted by Crippen LogP contribution is -2.30. The first-order chi connectivity index (χ1) is 17.2. The van der Waals surface area contributed by atoms with Gasteiger partial charge >= 0.3 is 0 Å². The number of amides is 1. The number of halogens is 3. The van der Waals surface area contributed by atoms with Crippen molar-refractivity contribution in [1.29, 1.82) is 0 Å². The number of benzene rings is 3. The predicted molar refractivity (Wildman–Crippen MR) is 146 cm³/mol. The van der Waals surface area contributed by atoms with Gasteiger partial charge in [0.05, 0.1) is 29.0 Å². The summed E-state index contributed by atoms with van der Waals surface area (Å²) < 4.78 is 32.5. The van der Waals surface area contributed by atoms with Gasteiger partial charge in [-0.2, -0.15) is 8.75 Å². The minimum absolute atomic E-state index is 0.0838. The van der Waals surface area contributed by atoms with Crippen molar-refractivity contribution in [3.8, 4) is 0 Å². The fourth-order valence-corrected chi connectivity index (χ4v) is 5.57. The highest BCUT2D eigenvalue weighted by Crippen LogP contribution is 2.34. The van der Waals surface area contributed by atoms with Crippen molar-refractivity contribution in [3.63, 3.8) is 0 Å². The van der Waals surface area contributed by atoms with Gasteiger partial charge in [-0.05, 0) is 48.4 Å². The Morgan fingerprint density at radius 2 is 1.75 bits per heavy atom. The molecule has 2 atom stereocenters. The first-order valence-electron chi connectivity index (χ1n) is 10.6. The molecule has 0 bridgehead atoms. The molecule has 1 heterocycles. The van der Waals surface area contributed by atoms with Crippen LogP contribution in [0, 0.1) is 0 Å². The molecule has 2 N–H and O–H groups in total. The number of nitrogens with zero attached hydrogens (tertiary/aromatic N) is 3. The second kappa shape index (κ2) is 11.7. The Morgan fingerprint density at radius 3 is 2.44 bits per heavy atom. The lowest BCUT2D eigenvalue weighted by molar-refractivity contribution is 0.0940. The van der Waals surface area contributed by atoms with Gasteiger partial charge < -0.3 is 5.32 Å². The lowest BCUT2D eigenvalue weighted by Gasteiger charge is -2.23. The zero-order valence-electron chi connectivity index (χ0n) is 18.7. The molecule has 1 amide bonds. The number of rotatable bonds is 8. The molecule has 12 heteroatoms. The number of anilines is 2. The van der Waals surface area contributed by atoms with E-state index in [4.69, 9.17) is 34.8 Å². The van der Waals surface area contributed by atoms with Gasteiger partial charge in [-0.3, -0.25) is 9.35 Å². The molecule has 4 aromatic rings. The van der Waals surface area contributed by atoms with Crippen LogP contribution in [0.2, 0.25) is 15.1 Å². The van der Waals surface area contributed by atoms with Crippen molar-refractivity contribution < 1.29 is 13.6 Å². The highest BCUT2D eigenvalue weighted by atomic mass is 35.5. The van der Waals surface area contributed by atoms with Crippen LogP contribution in [0.5, 0.6) is 0 Å². The smallest absolute Gasteiger partial charge is 0.268 e. The molecule has 0 fully saturated rings. The number of hydrogen-bond acceptors (Lipinski definition) is 5. The fourth-order valence-electron chi connectivity index (χ4n) is 3.60. The Balaban J connectivity index is 1.69. The summed E-state index contributed by atoms with van der Waals surface area (Å²) in [6, 6.07) is 18.5. The Kier molecular flexibility index (Phi) is 8.61. The third kappa shape index (κ3) is 6.05. The summed E-state index contributed by atoms with van der Waals surface area (Å²) in [6.07, 6.45) is 0.390. The van der Waals surface area contributed by atoms with Gasteiger partial charge in [0.15, 0.2) is 5.82 Å². The second-order valence-electron chi connectivity index (χ2n) is 7.74. The van der Waals surface area contributed by atoms with Gasteiger partial charge in [-0.25, -0.2) is 8.51 Å². The Bertz CT molecular complexity index is 1420. The van der Waals surface area contributed by atoms with Gasteiger partial charge in [0.25, 0.3) is 17.2 Å². The Morgan fingerprint density at radius 1 is 1.06 bits per heavy atom. The van der Waals surface area contributed by atoms with E-state index in [2.05, 4.69) is 14.1 Å². The average molecular weight is 582 g/mol. The van der Waals surface area contributed by atoms with Crippen molar-refractivity contribution in [3.05, 3.63) is 104 Å². The maximum atomic E-state index is 13.4. The third-order valence-corrected chi connectivity index (χ3v) is 7.33. The van der Waals surface area contributed by atoms with Gasteiger partial charge in [-0.1, -0.05) is 71.2 Å². The lowest BCUT2D eigenvalue weighted by atomic mass is 10.1. The molecule has 0 saturated carbocycles. The van der Waals surface area contributed by atoms with Gasteiger partial charge in [0.2, 0.25) is 0 Å². The summed E-state index contributed by atoms with van der Waals surface area (Å²) in [5.74, 6) is -0.343. The minimum atomic E-state index is -2.56. The van der Waals surface area contributed by atoms with E-state index in [0.29, 0.717) is 27.7 Å². The van der Waals surface area contributed by atoms with Crippen LogP contribution in [-0.4, -0.2) is 23.4 Å². The standard InChI is InChI=1S/C24H19Cl3N4O3S2/c1-14(18-9-7-17(26)13-20(18)27)28-24(32)19-12-16(25)8-10-22(19)31(36(33)34)23-21(29-35-30-23)11-15-5-3-2-4-6-15/h2-10,12-14H,11H2,1H3,(H,28,32)(H,33,34). The van der Waals surface area contributed by atoms with Crippen molar-refractivity contribution >= 4 is 75.2 Å². The minimum Gasteiger partial charge on any atom is -0.345 e. The van der Waals surface area contributed by atoms with Crippen molar-refractivity contribution in [2.45, 2.75) is 19.4 Å². The van der Waals surface area contributed by atoms with Crippen LogP contribution in [0.15, 0.2) is 66.7 Å². The highest BCUT2D eigenvalue weighted by Gasteiger charge is 2.28. The first kappa shape index (κ1) is 26.5. The summed E-state index contributed by atoms with van der Waals surface area (Å²) in [5.41, 5.74) is 2.35. The van der Waals surface area contributed by atoms with Gasteiger partial charge in [-0.15, -0.1) is 0 Å². The van der Waals surface area contributed by atoms with E-state index in [-0.39, 0.29) is 22.1 Å². The van der Waals surface area contributed by atoms with E-state index in [1.54, 1.807) is 25.1 Å². The van der Waals surface area contributed by atoms with E-state index in [1.165, 1.54) is 18.2 Å². The normalized spacial score (nSPS) is 12.7. The Hall–Kier alpha value is -2.53.